The number of carbonyl (C=O) groups is 1. The van der Waals surface area contributed by atoms with Crippen LogP contribution in [-0.4, -0.2) is 14.7 Å². The topological polar surface area (TPSA) is 83.2 Å². The Morgan fingerprint density at radius 2 is 2.07 bits per heavy atom. The van der Waals surface area contributed by atoms with Gasteiger partial charge >= 0.3 is 0 Å². The molecule has 2 unspecified atom stereocenters. The molecule has 1 amide bonds. The Kier molecular flexibility index (Phi) is 3.38. The van der Waals surface area contributed by atoms with Gasteiger partial charge in [-0.25, -0.2) is 0 Å². The van der Waals surface area contributed by atoms with Crippen molar-refractivity contribution in [2.75, 3.05) is 0 Å². The quantitative estimate of drug-likeness (QED) is 0.736. The molecule has 5 heteroatoms. The van der Waals surface area contributed by atoms with Gasteiger partial charge in [-0.05, 0) is 29.1 Å². The summed E-state index contributed by atoms with van der Waals surface area (Å²) in [5, 5.41) is -1.25. The number of hydrogen-bond acceptors (Lipinski definition) is 3. The number of primary amides is 1. The van der Waals surface area contributed by atoms with E-state index in [1.165, 1.54) is 0 Å². The zero-order valence-corrected chi connectivity index (χ0v) is 8.41. The average Bonchev–Trinajstić information content (AvgIpc) is 2.07. The highest BCUT2D eigenvalue weighted by Crippen LogP contribution is 2.21. The number of hydrogen-bond donors (Lipinski definition) is 1. The lowest BCUT2D eigenvalue weighted by Crippen LogP contribution is -2.25. The molecule has 0 aromatic heterocycles. The maximum absolute atomic E-state index is 10.9. The van der Waals surface area contributed by atoms with Crippen molar-refractivity contribution in [1.29, 1.82) is 0 Å². The van der Waals surface area contributed by atoms with Crippen LogP contribution in [0.4, 0.5) is 0 Å². The Labute approximate surface area is 84.4 Å². The highest BCUT2D eigenvalue weighted by molar-refractivity contribution is 7.80. The molecule has 0 aliphatic heterocycles. The zero-order chi connectivity index (χ0) is 10.7. The fourth-order valence-corrected chi connectivity index (χ4v) is 1.89. The second-order valence-corrected chi connectivity index (χ2v) is 3.89. The molecule has 1 aromatic carbocycles. The number of rotatable bonds is 3. The minimum absolute atomic E-state index is 0.438. The van der Waals surface area contributed by atoms with E-state index >= 15 is 0 Å². The fraction of sp³-hybridized carbons (Fsp3) is 0.222. The van der Waals surface area contributed by atoms with Crippen LogP contribution >= 0.6 is 0 Å². The minimum Gasteiger partial charge on any atom is -0.771 e. The van der Waals surface area contributed by atoms with Crippen LogP contribution in [0.25, 0.3) is 0 Å². The summed E-state index contributed by atoms with van der Waals surface area (Å²) in [6, 6.07) is 6.76. The van der Waals surface area contributed by atoms with E-state index in [9.17, 15) is 13.6 Å². The first-order valence-electron chi connectivity index (χ1n) is 3.97. The molecule has 4 nitrogen and oxygen atoms in total. The predicted octanol–water partition coefficient (Wildman–Crippen LogP) is 0.401. The summed E-state index contributed by atoms with van der Waals surface area (Å²) in [4.78, 5) is 10.9. The highest BCUT2D eigenvalue weighted by atomic mass is 32.2. The Hall–Kier alpha value is -1.20. The summed E-state index contributed by atoms with van der Waals surface area (Å²) in [6.45, 7) is 1.73. The van der Waals surface area contributed by atoms with Crippen molar-refractivity contribution in [3.63, 3.8) is 0 Å². The third-order valence-electron chi connectivity index (χ3n) is 1.92. The van der Waals surface area contributed by atoms with E-state index in [2.05, 4.69) is 0 Å². The van der Waals surface area contributed by atoms with Gasteiger partial charge in [0.25, 0.3) is 0 Å². The first-order chi connectivity index (χ1) is 6.54. The molecule has 0 saturated carbocycles. The van der Waals surface area contributed by atoms with Crippen molar-refractivity contribution in [1.82, 2.24) is 0 Å². The van der Waals surface area contributed by atoms with Crippen LogP contribution in [0.5, 0.6) is 0 Å². The van der Waals surface area contributed by atoms with Crippen molar-refractivity contribution < 1.29 is 13.6 Å². The van der Waals surface area contributed by atoms with Gasteiger partial charge in [0, 0.05) is 0 Å². The zero-order valence-electron chi connectivity index (χ0n) is 7.60. The van der Waals surface area contributed by atoms with Gasteiger partial charge in [0.1, 0.15) is 5.25 Å². The highest BCUT2D eigenvalue weighted by Gasteiger charge is 2.19. The molecule has 0 radical (unpaired) electrons. The normalized spacial score (nSPS) is 14.7. The Balaban J connectivity index is 3.18. The van der Waals surface area contributed by atoms with E-state index in [0.29, 0.717) is 5.56 Å². The molecule has 76 valence electrons. The third-order valence-corrected chi connectivity index (χ3v) is 2.79. The number of benzene rings is 1. The van der Waals surface area contributed by atoms with E-state index in [1.807, 2.05) is 0 Å². The number of nitrogens with two attached hydrogens (primary N) is 1. The van der Waals surface area contributed by atoms with Crippen LogP contribution < -0.4 is 5.73 Å². The van der Waals surface area contributed by atoms with Crippen molar-refractivity contribution in [3.8, 4) is 0 Å². The van der Waals surface area contributed by atoms with Gasteiger partial charge in [-0.1, -0.05) is 24.3 Å². The molecule has 0 fully saturated rings. The number of carbonyl (C=O) groups excluding carboxylic acids is 1. The first kappa shape index (κ1) is 10.9. The summed E-state index contributed by atoms with van der Waals surface area (Å²) >= 11 is -2.52. The SMILES string of the molecule is Cc1ccccc1C(C(N)=O)S(=O)[O-]. The molecule has 14 heavy (non-hydrogen) atoms. The van der Waals surface area contributed by atoms with Crippen molar-refractivity contribution in [3.05, 3.63) is 35.4 Å². The molecule has 1 rings (SSSR count). The molecule has 0 heterocycles. The van der Waals surface area contributed by atoms with E-state index in [4.69, 9.17) is 5.73 Å². The van der Waals surface area contributed by atoms with Crippen molar-refractivity contribution >= 4 is 17.0 Å². The van der Waals surface area contributed by atoms with Gasteiger partial charge in [-0.15, -0.1) is 0 Å². The van der Waals surface area contributed by atoms with Gasteiger partial charge in [0.05, 0.1) is 0 Å². The smallest absolute Gasteiger partial charge is 0.236 e. The van der Waals surface area contributed by atoms with E-state index in [1.54, 1.807) is 31.2 Å². The van der Waals surface area contributed by atoms with E-state index < -0.39 is 22.2 Å². The molecule has 0 saturated heterocycles. The average molecular weight is 212 g/mol. The maximum atomic E-state index is 10.9. The summed E-state index contributed by atoms with van der Waals surface area (Å²) < 4.78 is 21.6. The van der Waals surface area contributed by atoms with Gasteiger partial charge in [0.2, 0.25) is 5.91 Å². The van der Waals surface area contributed by atoms with Gasteiger partial charge in [-0.2, -0.15) is 0 Å². The summed E-state index contributed by atoms with van der Waals surface area (Å²) in [6.07, 6.45) is 0. The summed E-state index contributed by atoms with van der Waals surface area (Å²) in [5.74, 6) is -0.854. The lowest BCUT2D eigenvalue weighted by atomic mass is 10.1. The predicted molar refractivity (Wildman–Crippen MR) is 52.0 cm³/mol. The lowest BCUT2D eigenvalue weighted by molar-refractivity contribution is -0.117. The van der Waals surface area contributed by atoms with Gasteiger partial charge in [-0.3, -0.25) is 9.00 Å². The monoisotopic (exact) mass is 212 g/mol. The van der Waals surface area contributed by atoms with Crippen LogP contribution in [0.1, 0.15) is 16.4 Å². The van der Waals surface area contributed by atoms with Crippen LogP contribution in [0.2, 0.25) is 0 Å². The Morgan fingerprint density at radius 1 is 1.50 bits per heavy atom. The Morgan fingerprint density at radius 3 is 2.50 bits per heavy atom. The van der Waals surface area contributed by atoms with Gasteiger partial charge in [0.15, 0.2) is 0 Å². The van der Waals surface area contributed by atoms with Crippen molar-refractivity contribution in [2.24, 2.45) is 5.73 Å². The van der Waals surface area contributed by atoms with Crippen LogP contribution in [0, 0.1) is 6.92 Å². The summed E-state index contributed by atoms with van der Waals surface area (Å²) in [5.41, 5.74) is 6.18. The van der Waals surface area contributed by atoms with Crippen LogP contribution in [-0.2, 0) is 15.9 Å². The van der Waals surface area contributed by atoms with Crippen LogP contribution in [0.15, 0.2) is 24.3 Å². The Bertz CT molecular complexity index is 364. The lowest BCUT2D eigenvalue weighted by Gasteiger charge is -2.18. The molecule has 0 aliphatic rings. The molecular formula is C9H10NO3S-. The molecule has 0 bridgehead atoms. The number of aryl methyl sites for hydroxylation is 1. The second kappa shape index (κ2) is 4.34. The minimum atomic E-state index is -2.52. The van der Waals surface area contributed by atoms with E-state index in [0.717, 1.165) is 5.56 Å². The fourth-order valence-electron chi connectivity index (χ4n) is 1.23. The first-order valence-corrected chi connectivity index (χ1v) is 5.10. The second-order valence-electron chi connectivity index (χ2n) is 2.90. The standard InChI is InChI=1S/C9H11NO3S/c1-6-4-2-3-5-7(6)8(9(10)11)14(12)13/h2-5,8H,1H3,(H2,10,11)(H,12,13)/p-1. The molecule has 1 aromatic rings. The summed E-state index contributed by atoms with van der Waals surface area (Å²) in [7, 11) is 0. The number of amides is 1. The molecular weight excluding hydrogens is 202 g/mol. The van der Waals surface area contributed by atoms with Gasteiger partial charge < -0.3 is 10.3 Å². The largest absolute Gasteiger partial charge is 0.771 e. The third kappa shape index (κ3) is 2.18. The molecule has 0 aliphatic carbocycles. The maximum Gasteiger partial charge on any atom is 0.236 e. The molecule has 0 spiro atoms. The molecule has 2 atom stereocenters. The van der Waals surface area contributed by atoms with Crippen molar-refractivity contribution in [2.45, 2.75) is 12.2 Å². The molecule has 2 N–H and O–H groups in total. The van der Waals surface area contributed by atoms with E-state index in [-0.39, 0.29) is 0 Å². The van der Waals surface area contributed by atoms with Crippen LogP contribution in [0.3, 0.4) is 0 Å².